The van der Waals surface area contributed by atoms with E-state index in [1.54, 1.807) is 7.11 Å². The van der Waals surface area contributed by atoms with E-state index in [1.807, 2.05) is 23.1 Å². The monoisotopic (exact) mass is 338 g/mol. The molecule has 132 valence electrons. The van der Waals surface area contributed by atoms with Crippen LogP contribution in [0.25, 0.3) is 0 Å². The molecule has 0 N–H and O–H groups in total. The molecule has 2 aromatic rings. The van der Waals surface area contributed by atoms with Crippen molar-refractivity contribution in [2.45, 2.75) is 19.4 Å². The van der Waals surface area contributed by atoms with Crippen LogP contribution in [0.2, 0.25) is 0 Å². The molecule has 25 heavy (non-hydrogen) atoms. The van der Waals surface area contributed by atoms with Gasteiger partial charge in [-0.3, -0.25) is 9.69 Å². The molecule has 1 aliphatic heterocycles. The number of carbonyl (C=O) groups excluding carboxylic acids is 1. The van der Waals surface area contributed by atoms with Gasteiger partial charge in [-0.1, -0.05) is 48.0 Å². The summed E-state index contributed by atoms with van der Waals surface area (Å²) < 4.78 is 5.24. The third-order valence-corrected chi connectivity index (χ3v) is 4.79. The van der Waals surface area contributed by atoms with Crippen molar-refractivity contribution in [3.05, 3.63) is 65.7 Å². The summed E-state index contributed by atoms with van der Waals surface area (Å²) in [5.41, 5.74) is 3.49. The van der Waals surface area contributed by atoms with Crippen LogP contribution in [0.4, 0.5) is 5.69 Å². The maximum atomic E-state index is 12.7. The number of ether oxygens (including phenoxy) is 1. The number of rotatable bonds is 6. The van der Waals surface area contributed by atoms with E-state index in [4.69, 9.17) is 4.74 Å². The Kier molecular flexibility index (Phi) is 5.84. The Hall–Kier alpha value is -2.17. The van der Waals surface area contributed by atoms with E-state index >= 15 is 0 Å². The highest BCUT2D eigenvalue weighted by Crippen LogP contribution is 2.22. The number of carbonyl (C=O) groups is 1. The van der Waals surface area contributed by atoms with E-state index in [9.17, 15) is 4.79 Å². The molecule has 0 bridgehead atoms. The lowest BCUT2D eigenvalue weighted by atomic mass is 10.0. The summed E-state index contributed by atoms with van der Waals surface area (Å²) >= 11 is 0. The Morgan fingerprint density at radius 2 is 1.80 bits per heavy atom. The molecule has 0 radical (unpaired) electrons. The fourth-order valence-corrected chi connectivity index (χ4v) is 3.34. The Morgan fingerprint density at radius 1 is 1.08 bits per heavy atom. The molecular weight excluding hydrogens is 312 g/mol. The van der Waals surface area contributed by atoms with Crippen LogP contribution >= 0.6 is 0 Å². The van der Waals surface area contributed by atoms with Gasteiger partial charge in [0.1, 0.15) is 0 Å². The number of benzene rings is 2. The zero-order chi connectivity index (χ0) is 17.6. The van der Waals surface area contributed by atoms with Gasteiger partial charge in [-0.05, 0) is 31.0 Å². The van der Waals surface area contributed by atoms with E-state index in [1.165, 1.54) is 11.1 Å². The molecule has 0 aromatic heterocycles. The molecule has 1 atom stereocenters. The number of hydrogen-bond acceptors (Lipinski definition) is 3. The molecule has 1 heterocycles. The fourth-order valence-electron chi connectivity index (χ4n) is 3.34. The number of nitrogens with zero attached hydrogens (tertiary/aromatic N) is 2. The molecular formula is C21H26N2O2. The smallest absolute Gasteiger partial charge is 0.241 e. The second-order valence-corrected chi connectivity index (χ2v) is 6.65. The molecule has 1 saturated heterocycles. The van der Waals surface area contributed by atoms with Gasteiger partial charge >= 0.3 is 0 Å². The average molecular weight is 338 g/mol. The van der Waals surface area contributed by atoms with Crippen LogP contribution in [-0.4, -0.2) is 50.2 Å². The highest BCUT2D eigenvalue weighted by atomic mass is 16.5. The maximum absolute atomic E-state index is 12.7. The van der Waals surface area contributed by atoms with Crippen molar-refractivity contribution in [3.8, 4) is 0 Å². The molecule has 3 rings (SSSR count). The Bertz CT molecular complexity index is 685. The summed E-state index contributed by atoms with van der Waals surface area (Å²) in [6.45, 7) is 4.63. The second-order valence-electron chi connectivity index (χ2n) is 6.65. The van der Waals surface area contributed by atoms with Gasteiger partial charge in [-0.15, -0.1) is 0 Å². The number of piperazine rings is 1. The molecule has 1 amide bonds. The number of anilines is 1. The van der Waals surface area contributed by atoms with Gasteiger partial charge in [-0.25, -0.2) is 0 Å². The topological polar surface area (TPSA) is 32.8 Å². The van der Waals surface area contributed by atoms with Crippen LogP contribution in [-0.2, 0) is 16.0 Å². The molecule has 0 unspecified atom stereocenters. The molecule has 4 heteroatoms. The van der Waals surface area contributed by atoms with Gasteiger partial charge in [0.2, 0.25) is 5.91 Å². The van der Waals surface area contributed by atoms with Crippen molar-refractivity contribution >= 4 is 11.6 Å². The first-order valence-electron chi connectivity index (χ1n) is 8.81. The van der Waals surface area contributed by atoms with Gasteiger partial charge in [-0.2, -0.15) is 0 Å². The Balaban J connectivity index is 1.79. The second kappa shape index (κ2) is 8.28. The Morgan fingerprint density at radius 3 is 2.48 bits per heavy atom. The molecule has 1 fully saturated rings. The largest absolute Gasteiger partial charge is 0.383 e. The van der Waals surface area contributed by atoms with Crippen LogP contribution in [0, 0.1) is 6.92 Å². The van der Waals surface area contributed by atoms with Gasteiger partial charge in [0.05, 0.1) is 13.2 Å². The zero-order valence-electron chi connectivity index (χ0n) is 15.0. The number of amides is 1. The first kappa shape index (κ1) is 17.6. The standard InChI is InChI=1S/C21H26N2O2/c1-17-8-10-19(11-9-17)23-15-20(14-18-6-4-3-5-7-18)22(12-13-25-2)16-21(23)24/h3-11,20H,12-16H2,1-2H3/t20-/m1/s1. The fraction of sp³-hybridized carbons (Fsp3) is 0.381. The van der Waals surface area contributed by atoms with Crippen molar-refractivity contribution in [1.29, 1.82) is 0 Å². The van der Waals surface area contributed by atoms with Crippen molar-refractivity contribution in [2.24, 2.45) is 0 Å². The summed E-state index contributed by atoms with van der Waals surface area (Å²) in [4.78, 5) is 16.9. The minimum Gasteiger partial charge on any atom is -0.383 e. The van der Waals surface area contributed by atoms with Gasteiger partial charge in [0, 0.05) is 31.9 Å². The van der Waals surface area contributed by atoms with E-state index < -0.39 is 0 Å². The number of aryl methyl sites for hydroxylation is 1. The summed E-state index contributed by atoms with van der Waals surface area (Å²) in [6, 6.07) is 19.0. The molecule has 0 spiro atoms. The van der Waals surface area contributed by atoms with Crippen molar-refractivity contribution < 1.29 is 9.53 Å². The highest BCUT2D eigenvalue weighted by molar-refractivity contribution is 5.95. The summed E-state index contributed by atoms with van der Waals surface area (Å²) in [6.07, 6.45) is 0.931. The van der Waals surface area contributed by atoms with Gasteiger partial charge in [0.25, 0.3) is 0 Å². The van der Waals surface area contributed by atoms with Crippen molar-refractivity contribution in [3.63, 3.8) is 0 Å². The summed E-state index contributed by atoms with van der Waals surface area (Å²) in [5.74, 6) is 0.157. The minimum atomic E-state index is 0.157. The van der Waals surface area contributed by atoms with Crippen LogP contribution in [0.3, 0.4) is 0 Å². The minimum absolute atomic E-state index is 0.157. The van der Waals surface area contributed by atoms with Crippen molar-refractivity contribution in [1.82, 2.24) is 4.90 Å². The van der Waals surface area contributed by atoms with Gasteiger partial charge < -0.3 is 9.64 Å². The quantitative estimate of drug-likeness (QED) is 0.812. The molecule has 0 aliphatic carbocycles. The van der Waals surface area contributed by atoms with Crippen LogP contribution in [0.1, 0.15) is 11.1 Å². The lowest BCUT2D eigenvalue weighted by molar-refractivity contribution is -0.122. The molecule has 4 nitrogen and oxygen atoms in total. The molecule has 1 aliphatic rings. The highest BCUT2D eigenvalue weighted by Gasteiger charge is 2.32. The maximum Gasteiger partial charge on any atom is 0.241 e. The lowest BCUT2D eigenvalue weighted by Gasteiger charge is -2.41. The average Bonchev–Trinajstić information content (AvgIpc) is 2.63. The number of methoxy groups -OCH3 is 1. The molecule has 2 aromatic carbocycles. The van der Waals surface area contributed by atoms with Crippen LogP contribution < -0.4 is 4.90 Å². The first-order chi connectivity index (χ1) is 12.2. The normalized spacial score (nSPS) is 18.6. The zero-order valence-corrected chi connectivity index (χ0v) is 15.0. The predicted molar refractivity (Wildman–Crippen MR) is 101 cm³/mol. The third kappa shape index (κ3) is 4.47. The van der Waals surface area contributed by atoms with E-state index in [-0.39, 0.29) is 11.9 Å². The predicted octanol–water partition coefficient (Wildman–Crippen LogP) is 2.90. The van der Waals surface area contributed by atoms with Gasteiger partial charge in [0.15, 0.2) is 0 Å². The van der Waals surface area contributed by atoms with Crippen LogP contribution in [0.15, 0.2) is 54.6 Å². The summed E-state index contributed by atoms with van der Waals surface area (Å²) in [7, 11) is 1.70. The SMILES string of the molecule is COCCN1CC(=O)N(c2ccc(C)cc2)C[C@H]1Cc1ccccc1. The number of hydrogen-bond donors (Lipinski definition) is 0. The molecule has 0 saturated carbocycles. The summed E-state index contributed by atoms with van der Waals surface area (Å²) in [5, 5.41) is 0. The van der Waals surface area contributed by atoms with E-state index in [0.717, 1.165) is 18.7 Å². The van der Waals surface area contributed by atoms with E-state index in [2.05, 4.69) is 48.2 Å². The van der Waals surface area contributed by atoms with Crippen molar-refractivity contribution in [2.75, 3.05) is 38.3 Å². The van der Waals surface area contributed by atoms with Crippen LogP contribution in [0.5, 0.6) is 0 Å². The lowest BCUT2D eigenvalue weighted by Crippen LogP contribution is -2.57. The third-order valence-electron chi connectivity index (χ3n) is 4.79. The van der Waals surface area contributed by atoms with E-state index in [0.29, 0.717) is 19.7 Å². The Labute approximate surface area is 150 Å². The first-order valence-corrected chi connectivity index (χ1v) is 8.81.